The van der Waals surface area contributed by atoms with E-state index in [1.807, 2.05) is 25.1 Å². The van der Waals surface area contributed by atoms with Crippen LogP contribution in [-0.4, -0.2) is 12.6 Å². The highest BCUT2D eigenvalue weighted by Crippen LogP contribution is 2.49. The zero-order chi connectivity index (χ0) is 15.7. The Morgan fingerprint density at radius 2 is 1.73 bits per heavy atom. The van der Waals surface area contributed by atoms with Crippen molar-refractivity contribution < 1.29 is 13.9 Å². The molecule has 1 heterocycles. The molecule has 0 aromatic heterocycles. The maximum absolute atomic E-state index is 13.4. The molecule has 2 aromatic carbocycles. The highest BCUT2D eigenvalue weighted by atomic mass is 32.2. The van der Waals surface area contributed by atoms with Crippen molar-refractivity contribution in [1.29, 1.82) is 0 Å². The zero-order valence-electron chi connectivity index (χ0n) is 12.3. The summed E-state index contributed by atoms with van der Waals surface area (Å²) in [4.78, 5) is 16.0. The van der Waals surface area contributed by atoms with Crippen LogP contribution in [0.3, 0.4) is 0 Å². The maximum atomic E-state index is 13.4. The summed E-state index contributed by atoms with van der Waals surface area (Å²) in [6.07, 6.45) is 0. The van der Waals surface area contributed by atoms with Gasteiger partial charge >= 0.3 is 5.97 Å². The van der Waals surface area contributed by atoms with Crippen LogP contribution in [0.2, 0.25) is 0 Å². The third-order valence-electron chi connectivity index (χ3n) is 3.45. The van der Waals surface area contributed by atoms with Crippen LogP contribution in [0, 0.1) is 5.82 Å². The summed E-state index contributed by atoms with van der Waals surface area (Å²) in [5.74, 6) is -0.751. The topological polar surface area (TPSA) is 26.3 Å². The number of rotatable bonds is 3. The van der Waals surface area contributed by atoms with Crippen molar-refractivity contribution in [3.63, 3.8) is 0 Å². The molecule has 0 saturated heterocycles. The van der Waals surface area contributed by atoms with E-state index in [0.717, 1.165) is 25.1 Å². The first-order valence-electron chi connectivity index (χ1n) is 7.04. The van der Waals surface area contributed by atoms with Gasteiger partial charge < -0.3 is 4.74 Å². The molecule has 1 aliphatic rings. The van der Waals surface area contributed by atoms with Crippen molar-refractivity contribution in [1.82, 2.24) is 0 Å². The summed E-state index contributed by atoms with van der Waals surface area (Å²) in [5.41, 5.74) is 0.921. The number of esters is 1. The Labute approximate surface area is 137 Å². The monoisotopic (exact) mass is 334 g/mol. The summed E-state index contributed by atoms with van der Waals surface area (Å²) in [5, 5.41) is 0. The van der Waals surface area contributed by atoms with Gasteiger partial charge in [-0.05, 0) is 49.7 Å². The average molecular weight is 334 g/mol. The van der Waals surface area contributed by atoms with Crippen LogP contribution in [0.1, 0.15) is 25.3 Å². The van der Waals surface area contributed by atoms with Gasteiger partial charge in [-0.25, -0.2) is 4.39 Å². The van der Waals surface area contributed by atoms with E-state index in [-0.39, 0.29) is 17.7 Å². The first-order chi connectivity index (χ1) is 10.6. The van der Waals surface area contributed by atoms with Gasteiger partial charge in [0.15, 0.2) is 0 Å². The Hall–Kier alpha value is -1.46. The van der Waals surface area contributed by atoms with Crippen LogP contribution in [-0.2, 0) is 9.53 Å². The zero-order valence-corrected chi connectivity index (χ0v) is 13.9. The molecule has 1 aliphatic heterocycles. The Kier molecular flexibility index (Phi) is 4.45. The van der Waals surface area contributed by atoms with E-state index in [9.17, 15) is 9.18 Å². The van der Waals surface area contributed by atoms with Gasteiger partial charge in [-0.2, -0.15) is 0 Å². The molecule has 0 saturated carbocycles. The van der Waals surface area contributed by atoms with Crippen molar-refractivity contribution in [2.24, 2.45) is 0 Å². The molecule has 1 unspecified atom stereocenters. The van der Waals surface area contributed by atoms with Crippen LogP contribution in [0.25, 0.3) is 0 Å². The lowest BCUT2D eigenvalue weighted by molar-refractivity contribution is -0.144. The van der Waals surface area contributed by atoms with E-state index in [4.69, 9.17) is 4.74 Å². The summed E-state index contributed by atoms with van der Waals surface area (Å²) in [7, 11) is 0. The smallest absolute Gasteiger partial charge is 0.313 e. The molecule has 0 spiro atoms. The number of benzene rings is 2. The molecule has 0 aliphatic carbocycles. The lowest BCUT2D eigenvalue weighted by atomic mass is 10.0. The summed E-state index contributed by atoms with van der Waals surface area (Å²) in [6.45, 7) is 4.02. The molecule has 2 aromatic rings. The van der Waals surface area contributed by atoms with Crippen LogP contribution in [0.5, 0.6) is 0 Å². The van der Waals surface area contributed by atoms with E-state index in [0.29, 0.717) is 6.61 Å². The summed E-state index contributed by atoms with van der Waals surface area (Å²) < 4.78 is 18.5. The Balaban J connectivity index is 1.89. The van der Waals surface area contributed by atoms with Crippen molar-refractivity contribution in [2.45, 2.75) is 39.3 Å². The molecule has 0 radical (unpaired) electrons. The minimum Gasteiger partial charge on any atom is -0.466 e. The minimum absolute atomic E-state index is 0.220. The average Bonchev–Trinajstić information content (AvgIpc) is 2.52. The normalized spacial score (nSPS) is 14.0. The van der Waals surface area contributed by atoms with Gasteiger partial charge in [0.25, 0.3) is 0 Å². The number of halogens is 1. The molecule has 114 valence electrons. The number of carbonyl (C=O) groups excluding carboxylic acids is 1. The molecule has 22 heavy (non-hydrogen) atoms. The van der Waals surface area contributed by atoms with Crippen molar-refractivity contribution in [3.8, 4) is 0 Å². The van der Waals surface area contributed by atoms with Gasteiger partial charge in [-0.15, -0.1) is 0 Å². The fourth-order valence-electron chi connectivity index (χ4n) is 2.24. The Morgan fingerprint density at radius 1 is 1.09 bits per heavy atom. The Morgan fingerprint density at radius 3 is 2.45 bits per heavy atom. The molecule has 5 heteroatoms. The number of hydrogen-bond donors (Lipinski definition) is 0. The molecule has 0 fully saturated rings. The molecule has 0 N–H and O–H groups in total. The Bertz CT molecular complexity index is 731. The summed E-state index contributed by atoms with van der Waals surface area (Å²) >= 11 is 3.17. The van der Waals surface area contributed by atoms with Crippen molar-refractivity contribution in [2.75, 3.05) is 6.61 Å². The van der Waals surface area contributed by atoms with Crippen LogP contribution >= 0.6 is 23.5 Å². The lowest BCUT2D eigenvalue weighted by Gasteiger charge is -2.20. The van der Waals surface area contributed by atoms with E-state index in [2.05, 4.69) is 0 Å². The van der Waals surface area contributed by atoms with Crippen LogP contribution < -0.4 is 0 Å². The van der Waals surface area contributed by atoms with Crippen LogP contribution in [0.4, 0.5) is 4.39 Å². The third kappa shape index (κ3) is 3.01. The third-order valence-corrected chi connectivity index (χ3v) is 5.98. The molecule has 1 atom stereocenters. The van der Waals surface area contributed by atoms with E-state index < -0.39 is 0 Å². The van der Waals surface area contributed by atoms with Crippen molar-refractivity contribution >= 4 is 29.5 Å². The molecular weight excluding hydrogens is 319 g/mol. The van der Waals surface area contributed by atoms with Crippen LogP contribution in [0.15, 0.2) is 56.0 Å². The van der Waals surface area contributed by atoms with E-state index in [1.54, 1.807) is 42.6 Å². The second-order valence-electron chi connectivity index (χ2n) is 4.98. The highest BCUT2D eigenvalue weighted by Gasteiger charge is 2.21. The fraction of sp³-hybridized carbons (Fsp3) is 0.235. The van der Waals surface area contributed by atoms with Gasteiger partial charge in [0, 0.05) is 19.6 Å². The molecule has 3 rings (SSSR count). The highest BCUT2D eigenvalue weighted by molar-refractivity contribution is 8.05. The fourth-order valence-corrected chi connectivity index (χ4v) is 4.51. The first kappa shape index (κ1) is 15.4. The van der Waals surface area contributed by atoms with Crippen molar-refractivity contribution in [3.05, 3.63) is 47.8 Å². The van der Waals surface area contributed by atoms with Gasteiger partial charge in [0.2, 0.25) is 0 Å². The second kappa shape index (κ2) is 6.34. The number of carbonyl (C=O) groups is 1. The van der Waals surface area contributed by atoms with Gasteiger partial charge in [0.1, 0.15) is 5.82 Å². The first-order valence-corrected chi connectivity index (χ1v) is 8.67. The second-order valence-corrected chi connectivity index (χ2v) is 7.14. The van der Waals surface area contributed by atoms with Gasteiger partial charge in [0.05, 0.1) is 12.5 Å². The number of fused-ring (bicyclic) bond motifs is 2. The minimum atomic E-state index is -0.301. The lowest BCUT2D eigenvalue weighted by Crippen LogP contribution is -2.13. The summed E-state index contributed by atoms with van der Waals surface area (Å²) in [6, 6.07) is 10.8. The number of ether oxygens (including phenoxy) is 1. The SMILES string of the molecule is CCOC(=O)C(C)c1ccc2c(c1)Sc1cc(F)ccc1S2. The largest absolute Gasteiger partial charge is 0.466 e. The molecular formula is C17H15FO2S2. The van der Waals surface area contributed by atoms with E-state index >= 15 is 0 Å². The molecule has 2 nitrogen and oxygen atoms in total. The molecule has 0 bridgehead atoms. The number of hydrogen-bond acceptors (Lipinski definition) is 4. The molecule has 0 amide bonds. The quantitative estimate of drug-likeness (QED) is 0.622. The predicted octanol–water partition coefficient (Wildman–Crippen LogP) is 5.11. The van der Waals surface area contributed by atoms with E-state index in [1.165, 1.54) is 6.07 Å². The van der Waals surface area contributed by atoms with Gasteiger partial charge in [-0.3, -0.25) is 4.79 Å². The maximum Gasteiger partial charge on any atom is 0.313 e. The standard InChI is InChI=1S/C17H15FO2S2/c1-3-20-17(19)10(2)11-4-6-13-15(8-11)22-16-9-12(18)5-7-14(16)21-13/h4-10H,3H2,1-2H3. The predicted molar refractivity (Wildman–Crippen MR) is 86.1 cm³/mol. The van der Waals surface area contributed by atoms with Gasteiger partial charge in [-0.1, -0.05) is 29.6 Å².